The molecule has 1 amide bonds. The highest BCUT2D eigenvalue weighted by Gasteiger charge is 2.30. The quantitative estimate of drug-likeness (QED) is 0.400. The molecule has 0 bridgehead atoms. The highest BCUT2D eigenvalue weighted by Crippen LogP contribution is 2.19. The van der Waals surface area contributed by atoms with E-state index in [1.54, 1.807) is 23.3 Å². The van der Waals surface area contributed by atoms with E-state index in [2.05, 4.69) is 44.7 Å². The number of thiazole rings is 1. The van der Waals surface area contributed by atoms with Gasteiger partial charge in [-0.05, 0) is 31.7 Å². The van der Waals surface area contributed by atoms with Crippen molar-refractivity contribution in [3.63, 3.8) is 0 Å². The molecule has 2 heterocycles. The standard InChI is InChI=1S/C19H34N6OS/c1-14(2)15-13-27-17(23-15)12-22-19(20-3)21-9-7-11-25-10-6-8-16(25)18(26)24(4)5/h13-14,16H,6-12H2,1-5H3,(H2,20,21,22). The van der Waals surface area contributed by atoms with E-state index in [9.17, 15) is 4.79 Å². The normalized spacial score (nSPS) is 18.1. The van der Waals surface area contributed by atoms with Crippen LogP contribution >= 0.6 is 11.3 Å². The zero-order valence-corrected chi connectivity index (χ0v) is 18.1. The lowest BCUT2D eigenvalue weighted by Gasteiger charge is -2.26. The van der Waals surface area contributed by atoms with E-state index in [1.807, 2.05) is 14.1 Å². The molecule has 1 atom stereocenters. The number of aliphatic imine (C=N–C) groups is 1. The second kappa shape index (κ2) is 10.6. The monoisotopic (exact) mass is 394 g/mol. The summed E-state index contributed by atoms with van der Waals surface area (Å²) in [5.41, 5.74) is 1.15. The smallest absolute Gasteiger partial charge is 0.239 e. The SMILES string of the molecule is CN=C(NCCCN1CCCC1C(=O)N(C)C)NCc1nc(C(C)C)cs1. The van der Waals surface area contributed by atoms with Gasteiger partial charge >= 0.3 is 0 Å². The van der Waals surface area contributed by atoms with E-state index in [0.29, 0.717) is 12.5 Å². The molecule has 2 rings (SSSR count). The van der Waals surface area contributed by atoms with Crippen molar-refractivity contribution < 1.29 is 4.79 Å². The molecule has 27 heavy (non-hydrogen) atoms. The molecule has 0 aliphatic carbocycles. The van der Waals surface area contributed by atoms with Crippen LogP contribution in [0.5, 0.6) is 0 Å². The summed E-state index contributed by atoms with van der Waals surface area (Å²) in [6.45, 7) is 7.77. The van der Waals surface area contributed by atoms with Gasteiger partial charge in [-0.3, -0.25) is 14.7 Å². The number of amides is 1. The van der Waals surface area contributed by atoms with Crippen molar-refractivity contribution in [1.29, 1.82) is 0 Å². The van der Waals surface area contributed by atoms with Gasteiger partial charge in [-0.15, -0.1) is 11.3 Å². The van der Waals surface area contributed by atoms with E-state index in [1.165, 1.54) is 0 Å². The Morgan fingerprint density at radius 3 is 2.85 bits per heavy atom. The minimum atomic E-state index is 0.0532. The summed E-state index contributed by atoms with van der Waals surface area (Å²) >= 11 is 1.68. The van der Waals surface area contributed by atoms with Gasteiger partial charge in [-0.25, -0.2) is 4.98 Å². The molecule has 152 valence electrons. The van der Waals surface area contributed by atoms with Gasteiger partial charge in [0.25, 0.3) is 0 Å². The van der Waals surface area contributed by atoms with Gasteiger partial charge in [0.2, 0.25) is 5.91 Å². The third-order valence-electron chi connectivity index (χ3n) is 4.80. The van der Waals surface area contributed by atoms with Crippen LogP contribution in [0.2, 0.25) is 0 Å². The number of aromatic nitrogens is 1. The van der Waals surface area contributed by atoms with Gasteiger partial charge in [0, 0.05) is 39.6 Å². The van der Waals surface area contributed by atoms with Crippen molar-refractivity contribution in [1.82, 2.24) is 25.4 Å². The van der Waals surface area contributed by atoms with Gasteiger partial charge < -0.3 is 15.5 Å². The maximum absolute atomic E-state index is 12.2. The lowest BCUT2D eigenvalue weighted by Crippen LogP contribution is -2.44. The van der Waals surface area contributed by atoms with Gasteiger partial charge in [0.05, 0.1) is 18.3 Å². The minimum absolute atomic E-state index is 0.0532. The maximum Gasteiger partial charge on any atom is 0.239 e. The lowest BCUT2D eigenvalue weighted by molar-refractivity contribution is -0.133. The number of carbonyl (C=O) groups is 1. The Balaban J connectivity index is 1.69. The van der Waals surface area contributed by atoms with E-state index < -0.39 is 0 Å². The van der Waals surface area contributed by atoms with E-state index >= 15 is 0 Å². The zero-order valence-electron chi connectivity index (χ0n) is 17.3. The fourth-order valence-corrected chi connectivity index (χ4v) is 4.11. The first-order valence-electron chi connectivity index (χ1n) is 9.76. The Labute approximate surface area is 167 Å². The average Bonchev–Trinajstić information content (AvgIpc) is 3.29. The number of carbonyl (C=O) groups excluding carboxylic acids is 1. The van der Waals surface area contributed by atoms with Crippen LogP contribution in [0, 0.1) is 0 Å². The molecule has 1 aliphatic heterocycles. The highest BCUT2D eigenvalue weighted by molar-refractivity contribution is 7.09. The lowest BCUT2D eigenvalue weighted by atomic mass is 10.2. The van der Waals surface area contributed by atoms with Gasteiger partial charge in [-0.2, -0.15) is 0 Å². The molecule has 1 unspecified atom stereocenters. The number of nitrogens with one attached hydrogen (secondary N) is 2. The van der Waals surface area contributed by atoms with Crippen LogP contribution < -0.4 is 10.6 Å². The summed E-state index contributed by atoms with van der Waals surface area (Å²) in [6.07, 6.45) is 3.06. The molecule has 1 aromatic rings. The fraction of sp³-hybridized carbons (Fsp3) is 0.737. The summed E-state index contributed by atoms with van der Waals surface area (Å²) in [5.74, 6) is 1.47. The van der Waals surface area contributed by atoms with E-state index in [-0.39, 0.29) is 11.9 Å². The number of rotatable bonds is 8. The summed E-state index contributed by atoms with van der Waals surface area (Å²) in [6, 6.07) is 0.0532. The molecule has 1 saturated heterocycles. The topological polar surface area (TPSA) is 72.9 Å². The first-order valence-corrected chi connectivity index (χ1v) is 10.6. The third kappa shape index (κ3) is 6.46. The minimum Gasteiger partial charge on any atom is -0.356 e. The third-order valence-corrected chi connectivity index (χ3v) is 5.66. The largest absolute Gasteiger partial charge is 0.356 e. The molecule has 1 aliphatic rings. The first-order chi connectivity index (χ1) is 12.9. The maximum atomic E-state index is 12.2. The molecule has 0 aromatic carbocycles. The average molecular weight is 395 g/mol. The van der Waals surface area contributed by atoms with Crippen molar-refractivity contribution in [2.75, 3.05) is 40.8 Å². The van der Waals surface area contributed by atoms with Crippen LogP contribution in [-0.2, 0) is 11.3 Å². The molecule has 7 nitrogen and oxygen atoms in total. The number of guanidine groups is 1. The summed E-state index contributed by atoms with van der Waals surface area (Å²) in [4.78, 5) is 25.2. The van der Waals surface area contributed by atoms with Crippen LogP contribution in [0.1, 0.15) is 49.7 Å². The first kappa shape index (κ1) is 21.6. The molecular weight excluding hydrogens is 360 g/mol. The Morgan fingerprint density at radius 2 is 2.22 bits per heavy atom. The molecule has 0 spiro atoms. The van der Waals surface area contributed by atoms with Gasteiger partial charge in [0.1, 0.15) is 5.01 Å². The Morgan fingerprint density at radius 1 is 1.44 bits per heavy atom. The van der Waals surface area contributed by atoms with E-state index in [0.717, 1.165) is 55.6 Å². The molecule has 1 aromatic heterocycles. The highest BCUT2D eigenvalue weighted by atomic mass is 32.1. The summed E-state index contributed by atoms with van der Waals surface area (Å²) < 4.78 is 0. The molecule has 0 saturated carbocycles. The van der Waals surface area contributed by atoms with Crippen molar-refractivity contribution in [2.45, 2.75) is 51.6 Å². The number of hydrogen-bond donors (Lipinski definition) is 2. The molecule has 2 N–H and O–H groups in total. The van der Waals surface area contributed by atoms with Gasteiger partial charge in [-0.1, -0.05) is 13.8 Å². The van der Waals surface area contributed by atoms with Gasteiger partial charge in [0.15, 0.2) is 5.96 Å². The van der Waals surface area contributed by atoms with Crippen LogP contribution in [0.15, 0.2) is 10.4 Å². The number of hydrogen-bond acceptors (Lipinski definition) is 5. The Bertz CT molecular complexity index is 627. The van der Waals surface area contributed by atoms with Crippen molar-refractivity contribution in [3.8, 4) is 0 Å². The predicted octanol–water partition coefficient (Wildman–Crippen LogP) is 1.87. The zero-order chi connectivity index (χ0) is 19.8. The van der Waals surface area contributed by atoms with E-state index in [4.69, 9.17) is 0 Å². The number of likely N-dealkylation sites (tertiary alicyclic amines) is 1. The number of likely N-dealkylation sites (N-methyl/N-ethyl adjacent to an activating group) is 1. The predicted molar refractivity (Wildman–Crippen MR) is 112 cm³/mol. The molecular formula is C19H34N6OS. The summed E-state index contributed by atoms with van der Waals surface area (Å²) in [7, 11) is 5.45. The van der Waals surface area contributed by atoms with Crippen molar-refractivity contribution in [3.05, 3.63) is 16.1 Å². The van der Waals surface area contributed by atoms with Crippen molar-refractivity contribution >= 4 is 23.2 Å². The van der Waals surface area contributed by atoms with Crippen LogP contribution in [-0.4, -0.2) is 73.5 Å². The molecule has 8 heteroatoms. The second-order valence-electron chi connectivity index (χ2n) is 7.45. The summed E-state index contributed by atoms with van der Waals surface area (Å²) in [5, 5.41) is 9.87. The Hall–Kier alpha value is -1.67. The molecule has 1 fully saturated rings. The van der Waals surface area contributed by atoms with Crippen molar-refractivity contribution in [2.24, 2.45) is 4.99 Å². The Kier molecular flexibility index (Phi) is 8.50. The van der Waals surface area contributed by atoms with Crippen LogP contribution in [0.3, 0.4) is 0 Å². The second-order valence-corrected chi connectivity index (χ2v) is 8.40. The molecule has 0 radical (unpaired) electrons. The van der Waals surface area contributed by atoms with Crippen LogP contribution in [0.4, 0.5) is 0 Å². The fourth-order valence-electron chi connectivity index (χ4n) is 3.21. The number of nitrogens with zero attached hydrogens (tertiary/aromatic N) is 4. The van der Waals surface area contributed by atoms with Crippen LogP contribution in [0.25, 0.3) is 0 Å².